The lowest BCUT2D eigenvalue weighted by molar-refractivity contribution is 0.103. The maximum Gasteiger partial charge on any atom is 0.211 e. The molecule has 20 heavy (non-hydrogen) atoms. The summed E-state index contributed by atoms with van der Waals surface area (Å²) < 4.78 is 13.3. The third-order valence-corrected chi connectivity index (χ3v) is 3.31. The van der Waals surface area contributed by atoms with Gasteiger partial charge in [-0.25, -0.2) is 4.39 Å². The summed E-state index contributed by atoms with van der Waals surface area (Å²) in [5.74, 6) is -0.502. The van der Waals surface area contributed by atoms with Crippen LogP contribution in [0.5, 0.6) is 0 Å². The zero-order valence-electron chi connectivity index (χ0n) is 10.9. The number of aryl methyl sites for hydroxylation is 1. The number of benzene rings is 2. The summed E-state index contributed by atoms with van der Waals surface area (Å²) in [7, 11) is 0. The van der Waals surface area contributed by atoms with Crippen LogP contribution in [0.15, 0.2) is 54.7 Å². The second kappa shape index (κ2) is 4.85. The Morgan fingerprint density at radius 3 is 2.70 bits per heavy atom. The number of carbonyl (C=O) groups excluding carboxylic acids is 1. The number of halogens is 1. The van der Waals surface area contributed by atoms with Crippen LogP contribution in [-0.2, 0) is 0 Å². The molecular formula is C17H12FNO. The van der Waals surface area contributed by atoms with E-state index < -0.39 is 0 Å². The number of aromatic nitrogens is 1. The molecule has 0 N–H and O–H groups in total. The molecule has 0 spiro atoms. The second-order valence-corrected chi connectivity index (χ2v) is 4.67. The zero-order chi connectivity index (χ0) is 14.1. The molecule has 0 radical (unpaired) electrons. The molecule has 2 aromatic carbocycles. The van der Waals surface area contributed by atoms with Gasteiger partial charge in [-0.15, -0.1) is 0 Å². The van der Waals surface area contributed by atoms with E-state index in [2.05, 4.69) is 4.98 Å². The van der Waals surface area contributed by atoms with Gasteiger partial charge in [0, 0.05) is 17.1 Å². The van der Waals surface area contributed by atoms with Gasteiger partial charge in [-0.1, -0.05) is 24.3 Å². The number of carbonyl (C=O) groups is 1. The molecule has 1 aromatic heterocycles. The minimum absolute atomic E-state index is 0.190. The topological polar surface area (TPSA) is 30.0 Å². The number of nitrogens with zero attached hydrogens (tertiary/aromatic N) is 1. The van der Waals surface area contributed by atoms with Crippen LogP contribution in [0, 0.1) is 12.7 Å². The third-order valence-electron chi connectivity index (χ3n) is 3.31. The van der Waals surface area contributed by atoms with Gasteiger partial charge in [-0.05, 0) is 42.1 Å². The number of rotatable bonds is 2. The SMILES string of the molecule is Cc1cc(C(=O)c2nccc3ccccc23)ccc1F. The molecule has 0 saturated carbocycles. The molecular weight excluding hydrogens is 253 g/mol. The number of pyridine rings is 1. The second-order valence-electron chi connectivity index (χ2n) is 4.67. The molecule has 0 fully saturated rings. The summed E-state index contributed by atoms with van der Waals surface area (Å²) in [5, 5.41) is 1.77. The predicted octanol–water partition coefficient (Wildman–Crippen LogP) is 3.91. The molecule has 3 heteroatoms. The molecule has 0 atom stereocenters. The average molecular weight is 265 g/mol. The number of hydrogen-bond acceptors (Lipinski definition) is 2. The minimum Gasteiger partial charge on any atom is -0.287 e. The van der Waals surface area contributed by atoms with Crippen molar-refractivity contribution in [2.45, 2.75) is 6.92 Å². The predicted molar refractivity (Wildman–Crippen MR) is 76.3 cm³/mol. The van der Waals surface area contributed by atoms with Gasteiger partial charge in [0.15, 0.2) is 0 Å². The fraction of sp³-hybridized carbons (Fsp3) is 0.0588. The Kier molecular flexibility index (Phi) is 3.03. The van der Waals surface area contributed by atoms with Gasteiger partial charge >= 0.3 is 0 Å². The first-order valence-electron chi connectivity index (χ1n) is 6.31. The van der Waals surface area contributed by atoms with E-state index in [0.717, 1.165) is 10.8 Å². The highest BCUT2D eigenvalue weighted by atomic mass is 19.1. The maximum absolute atomic E-state index is 13.3. The van der Waals surface area contributed by atoms with Crippen molar-refractivity contribution in [3.05, 3.63) is 77.4 Å². The van der Waals surface area contributed by atoms with Crippen LogP contribution < -0.4 is 0 Å². The van der Waals surface area contributed by atoms with Crippen LogP contribution in [0.1, 0.15) is 21.6 Å². The molecule has 3 rings (SSSR count). The van der Waals surface area contributed by atoms with Crippen LogP contribution in [0.2, 0.25) is 0 Å². The molecule has 2 nitrogen and oxygen atoms in total. The van der Waals surface area contributed by atoms with Gasteiger partial charge in [-0.2, -0.15) is 0 Å². The quantitative estimate of drug-likeness (QED) is 0.657. The molecule has 3 aromatic rings. The molecule has 0 saturated heterocycles. The first kappa shape index (κ1) is 12.5. The van der Waals surface area contributed by atoms with Crippen LogP contribution in [0.3, 0.4) is 0 Å². The molecule has 0 aliphatic rings. The third kappa shape index (κ3) is 2.07. The molecule has 0 aliphatic carbocycles. The van der Waals surface area contributed by atoms with Crippen molar-refractivity contribution >= 4 is 16.6 Å². The van der Waals surface area contributed by atoms with E-state index >= 15 is 0 Å². The highest BCUT2D eigenvalue weighted by Crippen LogP contribution is 2.20. The van der Waals surface area contributed by atoms with Crippen molar-refractivity contribution in [3.63, 3.8) is 0 Å². The van der Waals surface area contributed by atoms with E-state index in [1.807, 2.05) is 30.3 Å². The van der Waals surface area contributed by atoms with Gasteiger partial charge in [0.2, 0.25) is 5.78 Å². The van der Waals surface area contributed by atoms with E-state index in [9.17, 15) is 9.18 Å². The molecule has 1 heterocycles. The van der Waals surface area contributed by atoms with E-state index in [4.69, 9.17) is 0 Å². The van der Waals surface area contributed by atoms with Crippen LogP contribution >= 0.6 is 0 Å². The Bertz CT molecular complexity index is 806. The van der Waals surface area contributed by atoms with Crippen LogP contribution in [0.4, 0.5) is 4.39 Å². The lowest BCUT2D eigenvalue weighted by atomic mass is 10.0. The van der Waals surface area contributed by atoms with Gasteiger partial charge in [0.05, 0.1) is 0 Å². The molecule has 0 bridgehead atoms. The summed E-state index contributed by atoms with van der Waals surface area (Å²) in [6, 6.07) is 13.8. The molecule has 0 amide bonds. The van der Waals surface area contributed by atoms with Crippen molar-refractivity contribution in [2.75, 3.05) is 0 Å². The Morgan fingerprint density at radius 2 is 1.90 bits per heavy atom. The largest absolute Gasteiger partial charge is 0.287 e. The lowest BCUT2D eigenvalue weighted by Crippen LogP contribution is -2.05. The fourth-order valence-corrected chi connectivity index (χ4v) is 2.22. The van der Waals surface area contributed by atoms with Crippen LogP contribution in [-0.4, -0.2) is 10.8 Å². The van der Waals surface area contributed by atoms with Gasteiger partial charge < -0.3 is 0 Å². The number of fused-ring (bicyclic) bond motifs is 1. The number of ketones is 1. The van der Waals surface area contributed by atoms with Crippen molar-refractivity contribution in [1.82, 2.24) is 4.98 Å². The highest BCUT2D eigenvalue weighted by molar-refractivity contribution is 6.14. The van der Waals surface area contributed by atoms with E-state index in [0.29, 0.717) is 16.8 Å². The number of hydrogen-bond donors (Lipinski definition) is 0. The van der Waals surface area contributed by atoms with Gasteiger partial charge in [-0.3, -0.25) is 9.78 Å². The van der Waals surface area contributed by atoms with E-state index in [-0.39, 0.29) is 11.6 Å². The first-order valence-corrected chi connectivity index (χ1v) is 6.31. The van der Waals surface area contributed by atoms with Crippen molar-refractivity contribution in [1.29, 1.82) is 0 Å². The summed E-state index contributed by atoms with van der Waals surface area (Å²) in [6.45, 7) is 1.64. The highest BCUT2D eigenvalue weighted by Gasteiger charge is 2.14. The maximum atomic E-state index is 13.3. The summed E-state index contributed by atoms with van der Waals surface area (Å²) in [5.41, 5.74) is 1.30. The Labute approximate surface area is 115 Å². The van der Waals surface area contributed by atoms with Gasteiger partial charge in [0.25, 0.3) is 0 Å². The molecule has 98 valence electrons. The zero-order valence-corrected chi connectivity index (χ0v) is 10.9. The smallest absolute Gasteiger partial charge is 0.211 e. The summed E-state index contributed by atoms with van der Waals surface area (Å²) >= 11 is 0. The minimum atomic E-state index is -0.313. The average Bonchev–Trinajstić information content (AvgIpc) is 2.49. The Balaban J connectivity index is 2.15. The first-order chi connectivity index (χ1) is 9.66. The Hall–Kier alpha value is -2.55. The molecule has 0 aliphatic heterocycles. The normalized spacial score (nSPS) is 10.7. The fourth-order valence-electron chi connectivity index (χ4n) is 2.22. The standard InChI is InChI=1S/C17H12FNO/c1-11-10-13(6-7-15(11)18)17(20)16-14-5-3-2-4-12(14)8-9-19-16/h2-10H,1H3. The summed E-state index contributed by atoms with van der Waals surface area (Å²) in [4.78, 5) is 16.7. The molecule has 0 unspecified atom stereocenters. The summed E-state index contributed by atoms with van der Waals surface area (Å²) in [6.07, 6.45) is 1.62. The van der Waals surface area contributed by atoms with E-state index in [1.165, 1.54) is 12.1 Å². The monoisotopic (exact) mass is 265 g/mol. The van der Waals surface area contributed by atoms with E-state index in [1.54, 1.807) is 19.2 Å². The van der Waals surface area contributed by atoms with Gasteiger partial charge in [0.1, 0.15) is 11.5 Å². The van der Waals surface area contributed by atoms with Crippen molar-refractivity contribution in [2.24, 2.45) is 0 Å². The van der Waals surface area contributed by atoms with Crippen molar-refractivity contribution in [3.8, 4) is 0 Å². The van der Waals surface area contributed by atoms with Crippen molar-refractivity contribution < 1.29 is 9.18 Å². The van der Waals surface area contributed by atoms with Crippen LogP contribution in [0.25, 0.3) is 10.8 Å². The lowest BCUT2D eigenvalue weighted by Gasteiger charge is -2.06. The Morgan fingerprint density at radius 1 is 1.10 bits per heavy atom.